The summed E-state index contributed by atoms with van der Waals surface area (Å²) in [5.74, 6) is 2.11. The average Bonchev–Trinajstić information content (AvgIpc) is 3.23. The van der Waals surface area contributed by atoms with Crippen molar-refractivity contribution in [3.63, 3.8) is 0 Å². The van der Waals surface area contributed by atoms with Crippen LogP contribution in [0.3, 0.4) is 0 Å². The number of anilines is 1. The molecule has 0 aromatic carbocycles. The number of ether oxygens (including phenoxy) is 1. The van der Waals surface area contributed by atoms with E-state index in [-0.39, 0.29) is 18.0 Å². The first-order valence-corrected chi connectivity index (χ1v) is 11.9. The molecule has 0 bridgehead atoms. The summed E-state index contributed by atoms with van der Waals surface area (Å²) >= 11 is 0. The van der Waals surface area contributed by atoms with Crippen molar-refractivity contribution in [1.82, 2.24) is 25.2 Å². The Hall–Kier alpha value is -2.74. The summed E-state index contributed by atoms with van der Waals surface area (Å²) in [6, 6.07) is 3.76. The molecule has 8 nitrogen and oxygen atoms in total. The Morgan fingerprint density at radius 1 is 1.18 bits per heavy atom. The van der Waals surface area contributed by atoms with Crippen molar-refractivity contribution in [2.75, 3.05) is 44.7 Å². The molecular formula is C25H38N6O2. The van der Waals surface area contributed by atoms with E-state index in [2.05, 4.69) is 29.0 Å². The van der Waals surface area contributed by atoms with E-state index in [1.165, 1.54) is 0 Å². The van der Waals surface area contributed by atoms with Crippen molar-refractivity contribution in [2.24, 2.45) is 0 Å². The van der Waals surface area contributed by atoms with Gasteiger partial charge in [0, 0.05) is 42.7 Å². The minimum Gasteiger partial charge on any atom is -0.492 e. The van der Waals surface area contributed by atoms with E-state index in [9.17, 15) is 4.79 Å². The first kappa shape index (κ1) is 24.9. The second-order valence-electron chi connectivity index (χ2n) is 9.56. The molecule has 2 heterocycles. The quantitative estimate of drug-likeness (QED) is 0.591. The number of aryl methyl sites for hydroxylation is 1. The Bertz CT molecular complexity index is 952. The van der Waals surface area contributed by atoms with Gasteiger partial charge >= 0.3 is 0 Å². The van der Waals surface area contributed by atoms with Gasteiger partial charge in [-0.25, -0.2) is 9.97 Å². The zero-order chi connectivity index (χ0) is 24.0. The van der Waals surface area contributed by atoms with Crippen LogP contribution >= 0.6 is 0 Å². The highest BCUT2D eigenvalue weighted by atomic mass is 16.5. The Kier molecular flexibility index (Phi) is 8.24. The molecule has 33 heavy (non-hydrogen) atoms. The highest BCUT2D eigenvalue weighted by Crippen LogP contribution is 2.31. The highest BCUT2D eigenvalue weighted by molar-refractivity contribution is 5.82. The van der Waals surface area contributed by atoms with Gasteiger partial charge in [-0.15, -0.1) is 0 Å². The summed E-state index contributed by atoms with van der Waals surface area (Å²) in [6.07, 6.45) is 4.63. The fraction of sp³-hybridized carbons (Fsp3) is 0.600. The molecule has 1 aliphatic rings. The van der Waals surface area contributed by atoms with E-state index in [1.807, 2.05) is 44.9 Å². The number of fused-ring (bicyclic) bond motifs is 1. The number of hydrogen-bond donors (Lipinski definition) is 1. The molecule has 0 unspecified atom stereocenters. The van der Waals surface area contributed by atoms with Crippen LogP contribution in [-0.2, 0) is 17.6 Å². The average molecular weight is 455 g/mol. The minimum atomic E-state index is -0.271. The van der Waals surface area contributed by atoms with Gasteiger partial charge in [0.15, 0.2) is 5.82 Å². The van der Waals surface area contributed by atoms with Crippen molar-refractivity contribution in [2.45, 2.75) is 59.4 Å². The minimum absolute atomic E-state index is 0.0290. The number of aromatic nitrogens is 3. The van der Waals surface area contributed by atoms with Gasteiger partial charge in [-0.05, 0) is 59.2 Å². The van der Waals surface area contributed by atoms with E-state index in [0.717, 1.165) is 61.7 Å². The highest BCUT2D eigenvalue weighted by Gasteiger charge is 2.24. The van der Waals surface area contributed by atoms with Gasteiger partial charge in [-0.2, -0.15) is 0 Å². The van der Waals surface area contributed by atoms with E-state index >= 15 is 0 Å². The van der Waals surface area contributed by atoms with Gasteiger partial charge in [-0.3, -0.25) is 9.78 Å². The summed E-state index contributed by atoms with van der Waals surface area (Å²) in [6.45, 7) is 14.0. The Balaban J connectivity index is 1.80. The second kappa shape index (κ2) is 10.9. The van der Waals surface area contributed by atoms with Crippen LogP contribution in [0.25, 0.3) is 11.5 Å². The maximum atomic E-state index is 12.5. The van der Waals surface area contributed by atoms with Crippen LogP contribution in [0.4, 0.5) is 5.82 Å². The van der Waals surface area contributed by atoms with Crippen LogP contribution in [0.2, 0.25) is 0 Å². The molecule has 1 amide bonds. The fourth-order valence-electron chi connectivity index (χ4n) is 4.05. The number of amides is 1. The summed E-state index contributed by atoms with van der Waals surface area (Å²) < 4.78 is 5.97. The summed E-state index contributed by atoms with van der Waals surface area (Å²) in [7, 11) is 1.91. The predicted octanol–water partition coefficient (Wildman–Crippen LogP) is 3.10. The van der Waals surface area contributed by atoms with E-state index in [0.29, 0.717) is 18.1 Å². The number of pyridine rings is 1. The topological polar surface area (TPSA) is 83.5 Å². The maximum absolute atomic E-state index is 12.5. The third kappa shape index (κ3) is 6.87. The van der Waals surface area contributed by atoms with Crippen molar-refractivity contribution >= 4 is 11.7 Å². The van der Waals surface area contributed by atoms with E-state index < -0.39 is 0 Å². The Morgan fingerprint density at radius 2 is 1.94 bits per heavy atom. The van der Waals surface area contributed by atoms with Crippen molar-refractivity contribution in [3.8, 4) is 17.3 Å². The lowest BCUT2D eigenvalue weighted by Gasteiger charge is -2.25. The lowest BCUT2D eigenvalue weighted by molar-refractivity contribution is -0.121. The predicted molar refractivity (Wildman–Crippen MR) is 132 cm³/mol. The van der Waals surface area contributed by atoms with Crippen LogP contribution in [-0.4, -0.2) is 71.1 Å². The molecule has 2 aromatic rings. The number of hydrogen-bond acceptors (Lipinski definition) is 7. The number of nitrogens with zero attached hydrogens (tertiary/aromatic N) is 5. The van der Waals surface area contributed by atoms with Crippen LogP contribution in [0.1, 0.15) is 52.3 Å². The van der Waals surface area contributed by atoms with Gasteiger partial charge in [0.2, 0.25) is 5.91 Å². The van der Waals surface area contributed by atoms with Crippen LogP contribution in [0, 0.1) is 0 Å². The Morgan fingerprint density at radius 3 is 2.64 bits per heavy atom. The SMILES string of the molecule is CCN(CC)CCOc1ccnc(-c2nc3c(c(N(C)CC(=O)NC(C)(C)C)n2)CCC3)c1. The molecule has 0 atom stereocenters. The number of carbonyl (C=O) groups is 1. The monoisotopic (exact) mass is 454 g/mol. The molecule has 0 fully saturated rings. The number of rotatable bonds is 10. The lowest BCUT2D eigenvalue weighted by Crippen LogP contribution is -2.45. The second-order valence-corrected chi connectivity index (χ2v) is 9.56. The summed E-state index contributed by atoms with van der Waals surface area (Å²) in [5, 5.41) is 3.02. The van der Waals surface area contributed by atoms with Crippen LogP contribution in [0.5, 0.6) is 5.75 Å². The number of likely N-dealkylation sites (N-methyl/N-ethyl adjacent to an activating group) is 2. The first-order valence-electron chi connectivity index (χ1n) is 11.9. The van der Waals surface area contributed by atoms with Crippen molar-refractivity contribution < 1.29 is 9.53 Å². The fourth-order valence-corrected chi connectivity index (χ4v) is 4.05. The summed E-state index contributed by atoms with van der Waals surface area (Å²) in [5.41, 5.74) is 2.59. The number of carbonyl (C=O) groups excluding carboxylic acids is 1. The molecule has 1 N–H and O–H groups in total. The third-order valence-corrected chi connectivity index (χ3v) is 5.70. The van der Waals surface area contributed by atoms with E-state index in [4.69, 9.17) is 14.7 Å². The maximum Gasteiger partial charge on any atom is 0.239 e. The zero-order valence-corrected chi connectivity index (χ0v) is 20.9. The normalized spacial score (nSPS) is 13.2. The van der Waals surface area contributed by atoms with Gasteiger partial charge in [0.05, 0.1) is 6.54 Å². The molecule has 8 heteroatoms. The van der Waals surface area contributed by atoms with Gasteiger partial charge in [0.1, 0.15) is 23.9 Å². The van der Waals surface area contributed by atoms with Gasteiger partial charge < -0.3 is 19.9 Å². The molecular weight excluding hydrogens is 416 g/mol. The molecule has 0 saturated carbocycles. The molecule has 1 aliphatic carbocycles. The first-order chi connectivity index (χ1) is 15.7. The molecule has 180 valence electrons. The van der Waals surface area contributed by atoms with Gasteiger partial charge in [0.25, 0.3) is 0 Å². The van der Waals surface area contributed by atoms with Gasteiger partial charge in [-0.1, -0.05) is 13.8 Å². The largest absolute Gasteiger partial charge is 0.492 e. The molecule has 0 aliphatic heterocycles. The summed E-state index contributed by atoms with van der Waals surface area (Å²) in [4.78, 5) is 30.9. The smallest absolute Gasteiger partial charge is 0.239 e. The standard InChI is InChI=1S/C25H38N6O2/c1-7-31(8-2)14-15-33-18-12-13-26-21(16-18)23-27-20-11-9-10-19(20)24(28-23)30(6)17-22(32)29-25(3,4)5/h12-13,16H,7-11,14-15,17H2,1-6H3,(H,29,32). The van der Waals surface area contributed by atoms with Crippen molar-refractivity contribution in [3.05, 3.63) is 29.6 Å². The third-order valence-electron chi connectivity index (χ3n) is 5.70. The molecule has 0 spiro atoms. The Labute approximate surface area is 197 Å². The zero-order valence-electron chi connectivity index (χ0n) is 20.9. The molecule has 3 rings (SSSR count). The lowest BCUT2D eigenvalue weighted by atomic mass is 10.1. The van der Waals surface area contributed by atoms with E-state index in [1.54, 1.807) is 6.20 Å². The molecule has 2 aromatic heterocycles. The molecule has 0 radical (unpaired) electrons. The van der Waals surface area contributed by atoms with Crippen LogP contribution in [0.15, 0.2) is 18.3 Å². The van der Waals surface area contributed by atoms with Crippen molar-refractivity contribution in [1.29, 1.82) is 0 Å². The molecule has 0 saturated heterocycles. The number of nitrogens with one attached hydrogen (secondary N) is 1. The van der Waals surface area contributed by atoms with Crippen LogP contribution < -0.4 is 15.0 Å².